The standard InChI is InChI=1S/C20H24BrN3O2/c1-22-10-12-23(13-11-22)15-20(26)24(18-6-4-17(21)5-7-18)14-16-2-8-19(25)9-3-16/h2-9,25H,10-15H2,1H3. The molecule has 6 heteroatoms. The predicted octanol–water partition coefficient (Wildman–Crippen LogP) is 2.94. The first-order valence-corrected chi connectivity index (χ1v) is 9.55. The molecule has 1 aliphatic rings. The van der Waals surface area contributed by atoms with Crippen molar-refractivity contribution in [3.05, 3.63) is 58.6 Å². The van der Waals surface area contributed by atoms with E-state index in [1.54, 1.807) is 12.1 Å². The first-order valence-electron chi connectivity index (χ1n) is 8.76. The molecule has 138 valence electrons. The molecule has 0 aliphatic carbocycles. The van der Waals surface area contributed by atoms with Crippen molar-refractivity contribution in [3.63, 3.8) is 0 Å². The Kier molecular flexibility index (Phi) is 6.29. The molecule has 5 nitrogen and oxygen atoms in total. The van der Waals surface area contributed by atoms with Gasteiger partial charge in [-0.2, -0.15) is 0 Å². The number of carbonyl (C=O) groups is 1. The van der Waals surface area contributed by atoms with E-state index in [1.165, 1.54) is 0 Å². The van der Waals surface area contributed by atoms with Gasteiger partial charge in [0.15, 0.2) is 0 Å². The lowest BCUT2D eigenvalue weighted by molar-refractivity contribution is -0.120. The maximum absolute atomic E-state index is 13.1. The number of phenols is 1. The maximum Gasteiger partial charge on any atom is 0.241 e. The second-order valence-corrected chi connectivity index (χ2v) is 7.62. The summed E-state index contributed by atoms with van der Waals surface area (Å²) in [5.41, 5.74) is 1.86. The average molecular weight is 418 g/mol. The first kappa shape index (κ1) is 18.9. The van der Waals surface area contributed by atoms with Crippen molar-refractivity contribution in [1.29, 1.82) is 0 Å². The number of anilines is 1. The minimum atomic E-state index is 0.0879. The molecule has 0 unspecified atom stereocenters. The molecule has 1 heterocycles. The number of hydrogen-bond acceptors (Lipinski definition) is 4. The summed E-state index contributed by atoms with van der Waals surface area (Å²) in [7, 11) is 2.11. The zero-order valence-corrected chi connectivity index (χ0v) is 16.5. The fraction of sp³-hybridized carbons (Fsp3) is 0.350. The lowest BCUT2D eigenvalue weighted by Gasteiger charge is -2.33. The molecule has 2 aromatic carbocycles. The monoisotopic (exact) mass is 417 g/mol. The van der Waals surface area contributed by atoms with E-state index < -0.39 is 0 Å². The van der Waals surface area contributed by atoms with E-state index in [4.69, 9.17) is 0 Å². The molecule has 2 aromatic rings. The lowest BCUT2D eigenvalue weighted by atomic mass is 10.1. The van der Waals surface area contributed by atoms with Gasteiger partial charge in [-0.15, -0.1) is 0 Å². The van der Waals surface area contributed by atoms with Crippen LogP contribution in [0.2, 0.25) is 0 Å². The Morgan fingerprint density at radius 3 is 2.27 bits per heavy atom. The van der Waals surface area contributed by atoms with Crippen molar-refractivity contribution in [3.8, 4) is 5.75 Å². The Morgan fingerprint density at radius 2 is 1.65 bits per heavy atom. The van der Waals surface area contributed by atoms with E-state index in [2.05, 4.69) is 32.8 Å². The fourth-order valence-corrected chi connectivity index (χ4v) is 3.28. The third-order valence-corrected chi connectivity index (χ3v) is 5.20. The molecule has 1 aliphatic heterocycles. The molecule has 1 fully saturated rings. The van der Waals surface area contributed by atoms with Crippen molar-refractivity contribution >= 4 is 27.5 Å². The van der Waals surface area contributed by atoms with Gasteiger partial charge in [0, 0.05) is 36.3 Å². The summed E-state index contributed by atoms with van der Waals surface area (Å²) in [4.78, 5) is 19.4. The largest absolute Gasteiger partial charge is 0.508 e. The molecule has 26 heavy (non-hydrogen) atoms. The minimum absolute atomic E-state index is 0.0879. The van der Waals surface area contributed by atoms with Crippen LogP contribution in [0.1, 0.15) is 5.56 Å². The highest BCUT2D eigenvalue weighted by molar-refractivity contribution is 9.10. The SMILES string of the molecule is CN1CCN(CC(=O)N(Cc2ccc(O)cc2)c2ccc(Br)cc2)CC1. The van der Waals surface area contributed by atoms with Crippen LogP contribution in [0.25, 0.3) is 0 Å². The van der Waals surface area contributed by atoms with Crippen LogP contribution in [0.15, 0.2) is 53.0 Å². The van der Waals surface area contributed by atoms with E-state index in [0.29, 0.717) is 13.1 Å². The van der Waals surface area contributed by atoms with Crippen molar-refractivity contribution in [2.75, 3.05) is 44.7 Å². The summed E-state index contributed by atoms with van der Waals surface area (Å²) in [6, 6.07) is 14.8. The molecule has 0 aromatic heterocycles. The number of amides is 1. The Labute approximate surface area is 163 Å². The maximum atomic E-state index is 13.1. The van der Waals surface area contributed by atoms with Crippen LogP contribution < -0.4 is 4.90 Å². The molecule has 0 bridgehead atoms. The van der Waals surface area contributed by atoms with Crippen molar-refractivity contribution < 1.29 is 9.90 Å². The average Bonchev–Trinajstić information content (AvgIpc) is 2.64. The molecule has 0 saturated carbocycles. The van der Waals surface area contributed by atoms with E-state index >= 15 is 0 Å². The van der Waals surface area contributed by atoms with E-state index in [0.717, 1.165) is 41.9 Å². The number of benzene rings is 2. The fourth-order valence-electron chi connectivity index (χ4n) is 3.01. The minimum Gasteiger partial charge on any atom is -0.508 e. The van der Waals surface area contributed by atoms with Gasteiger partial charge in [-0.3, -0.25) is 9.69 Å². The number of likely N-dealkylation sites (N-methyl/N-ethyl adjacent to an activating group) is 1. The number of rotatable bonds is 5. The summed E-state index contributed by atoms with van der Waals surface area (Å²) in [5.74, 6) is 0.317. The zero-order chi connectivity index (χ0) is 18.5. The van der Waals surface area contributed by atoms with Crippen molar-refractivity contribution in [2.24, 2.45) is 0 Å². The molecule has 0 spiro atoms. The van der Waals surface area contributed by atoms with Crippen molar-refractivity contribution in [1.82, 2.24) is 9.80 Å². The van der Waals surface area contributed by atoms with Crippen LogP contribution in [0.3, 0.4) is 0 Å². The summed E-state index contributed by atoms with van der Waals surface area (Å²) < 4.78 is 0.984. The second kappa shape index (κ2) is 8.66. The Hall–Kier alpha value is -1.89. The van der Waals surface area contributed by atoms with E-state index in [-0.39, 0.29) is 11.7 Å². The quantitative estimate of drug-likeness (QED) is 0.812. The third kappa shape index (κ3) is 5.06. The molecule has 1 amide bonds. The number of carbonyl (C=O) groups excluding carboxylic acids is 1. The van der Waals surface area contributed by atoms with Gasteiger partial charge in [0.1, 0.15) is 5.75 Å². The van der Waals surface area contributed by atoms with Gasteiger partial charge < -0.3 is 14.9 Å². The van der Waals surface area contributed by atoms with Crippen LogP contribution >= 0.6 is 15.9 Å². The number of halogens is 1. The molecule has 0 atom stereocenters. The highest BCUT2D eigenvalue weighted by atomic mass is 79.9. The lowest BCUT2D eigenvalue weighted by Crippen LogP contribution is -2.48. The van der Waals surface area contributed by atoms with Crippen LogP contribution in [-0.2, 0) is 11.3 Å². The summed E-state index contributed by atoms with van der Waals surface area (Å²) >= 11 is 3.45. The molecular formula is C20H24BrN3O2. The van der Waals surface area contributed by atoms with Gasteiger partial charge in [0.2, 0.25) is 5.91 Å². The third-order valence-electron chi connectivity index (χ3n) is 4.67. The van der Waals surface area contributed by atoms with Crippen LogP contribution in [-0.4, -0.2) is 60.6 Å². The number of piperazine rings is 1. The van der Waals surface area contributed by atoms with Crippen molar-refractivity contribution in [2.45, 2.75) is 6.54 Å². The number of nitrogens with zero attached hydrogens (tertiary/aromatic N) is 3. The van der Waals surface area contributed by atoms with Gasteiger partial charge in [-0.1, -0.05) is 28.1 Å². The molecular weight excluding hydrogens is 394 g/mol. The van der Waals surface area contributed by atoms with Crippen LogP contribution in [0.5, 0.6) is 5.75 Å². The highest BCUT2D eigenvalue weighted by Crippen LogP contribution is 2.22. The Balaban J connectivity index is 1.76. The summed E-state index contributed by atoms with van der Waals surface area (Å²) in [5, 5.41) is 9.49. The van der Waals surface area contributed by atoms with Gasteiger partial charge in [0.05, 0.1) is 13.1 Å². The topological polar surface area (TPSA) is 47.0 Å². The summed E-state index contributed by atoms with van der Waals surface area (Å²) in [6.07, 6.45) is 0. The van der Waals surface area contributed by atoms with Gasteiger partial charge in [-0.05, 0) is 49.0 Å². The zero-order valence-electron chi connectivity index (χ0n) is 14.9. The Bertz CT molecular complexity index is 726. The van der Waals surface area contributed by atoms with Gasteiger partial charge in [-0.25, -0.2) is 0 Å². The highest BCUT2D eigenvalue weighted by Gasteiger charge is 2.22. The smallest absolute Gasteiger partial charge is 0.241 e. The molecule has 1 N–H and O–H groups in total. The Morgan fingerprint density at radius 1 is 1.04 bits per heavy atom. The van der Waals surface area contributed by atoms with Gasteiger partial charge >= 0.3 is 0 Å². The second-order valence-electron chi connectivity index (χ2n) is 6.70. The first-order chi connectivity index (χ1) is 12.5. The number of hydrogen-bond donors (Lipinski definition) is 1. The van der Waals surface area contributed by atoms with Crippen LogP contribution in [0, 0.1) is 0 Å². The summed E-state index contributed by atoms with van der Waals surface area (Å²) in [6.45, 7) is 4.70. The normalized spacial score (nSPS) is 15.8. The van der Waals surface area contributed by atoms with E-state index in [9.17, 15) is 9.90 Å². The number of phenolic OH excluding ortho intramolecular Hbond substituents is 1. The number of aromatic hydroxyl groups is 1. The molecule has 1 saturated heterocycles. The van der Waals surface area contributed by atoms with Gasteiger partial charge in [0.25, 0.3) is 0 Å². The van der Waals surface area contributed by atoms with E-state index in [1.807, 2.05) is 41.3 Å². The molecule has 0 radical (unpaired) electrons. The molecule has 3 rings (SSSR count). The van der Waals surface area contributed by atoms with Crippen LogP contribution in [0.4, 0.5) is 5.69 Å². The predicted molar refractivity (Wildman–Crippen MR) is 107 cm³/mol.